The summed E-state index contributed by atoms with van der Waals surface area (Å²) in [5.41, 5.74) is 3.68. The molecule has 0 atom stereocenters. The van der Waals surface area contributed by atoms with Crippen molar-refractivity contribution in [2.45, 2.75) is 13.8 Å². The van der Waals surface area contributed by atoms with E-state index in [1.807, 2.05) is 32.0 Å². The maximum absolute atomic E-state index is 5.45. The molecule has 3 heteroatoms. The summed E-state index contributed by atoms with van der Waals surface area (Å²) in [6, 6.07) is 5.72. The van der Waals surface area contributed by atoms with Crippen molar-refractivity contribution in [3.63, 3.8) is 0 Å². The third kappa shape index (κ3) is 2.03. The van der Waals surface area contributed by atoms with Crippen molar-refractivity contribution in [3.05, 3.63) is 42.2 Å². The molecule has 0 aliphatic carbocycles. The molecule has 0 N–H and O–H groups in total. The zero-order valence-electron chi connectivity index (χ0n) is 9.53. The molecule has 16 heavy (non-hydrogen) atoms. The van der Waals surface area contributed by atoms with E-state index in [0.29, 0.717) is 6.61 Å². The van der Waals surface area contributed by atoms with E-state index in [9.17, 15) is 0 Å². The summed E-state index contributed by atoms with van der Waals surface area (Å²) in [6.45, 7) is 8.03. The zero-order chi connectivity index (χ0) is 11.5. The lowest BCUT2D eigenvalue weighted by Crippen LogP contribution is -1.96. The van der Waals surface area contributed by atoms with Crippen LogP contribution in [0.5, 0.6) is 5.75 Å². The average Bonchev–Trinajstić information content (AvgIpc) is 2.28. The SMILES string of the molecule is C=CCOc1ccc2nc(C)c(C)nc2c1. The standard InChI is InChI=1S/C13H14N2O/c1-4-7-16-11-5-6-12-13(8-11)15-10(3)9(2)14-12/h4-6,8H,1,7H2,2-3H3. The van der Waals surface area contributed by atoms with Crippen LogP contribution in [0, 0.1) is 13.8 Å². The molecule has 0 spiro atoms. The number of benzene rings is 1. The lowest BCUT2D eigenvalue weighted by Gasteiger charge is -2.05. The molecule has 0 saturated carbocycles. The van der Waals surface area contributed by atoms with Gasteiger partial charge in [0.25, 0.3) is 0 Å². The molecule has 0 unspecified atom stereocenters. The van der Waals surface area contributed by atoms with Gasteiger partial charge in [0.05, 0.1) is 22.4 Å². The quantitative estimate of drug-likeness (QED) is 0.737. The molecule has 0 radical (unpaired) electrons. The molecule has 2 aromatic rings. The van der Waals surface area contributed by atoms with Gasteiger partial charge >= 0.3 is 0 Å². The largest absolute Gasteiger partial charge is 0.489 e. The monoisotopic (exact) mass is 214 g/mol. The minimum Gasteiger partial charge on any atom is -0.489 e. The average molecular weight is 214 g/mol. The Morgan fingerprint density at radius 1 is 1.19 bits per heavy atom. The Bertz CT molecular complexity index is 535. The molecule has 2 rings (SSSR count). The van der Waals surface area contributed by atoms with Gasteiger partial charge in [0.2, 0.25) is 0 Å². The lowest BCUT2D eigenvalue weighted by atomic mass is 10.2. The van der Waals surface area contributed by atoms with Crippen molar-refractivity contribution in [3.8, 4) is 5.75 Å². The summed E-state index contributed by atoms with van der Waals surface area (Å²) in [5, 5.41) is 0. The number of aryl methyl sites for hydroxylation is 2. The molecule has 1 aromatic carbocycles. The van der Waals surface area contributed by atoms with Crippen LogP contribution in [-0.2, 0) is 0 Å². The Balaban J connectivity index is 2.45. The number of nitrogens with zero attached hydrogens (tertiary/aromatic N) is 2. The topological polar surface area (TPSA) is 35.0 Å². The van der Waals surface area contributed by atoms with E-state index in [2.05, 4.69) is 16.5 Å². The number of hydrogen-bond donors (Lipinski definition) is 0. The van der Waals surface area contributed by atoms with Crippen LogP contribution in [0.1, 0.15) is 11.4 Å². The zero-order valence-corrected chi connectivity index (χ0v) is 9.53. The first-order chi connectivity index (χ1) is 7.70. The first-order valence-electron chi connectivity index (χ1n) is 5.19. The molecule has 3 nitrogen and oxygen atoms in total. The van der Waals surface area contributed by atoms with Gasteiger partial charge in [-0.1, -0.05) is 12.7 Å². The number of aromatic nitrogens is 2. The van der Waals surface area contributed by atoms with E-state index < -0.39 is 0 Å². The fourth-order valence-electron chi connectivity index (χ4n) is 1.46. The molecule has 1 aromatic heterocycles. The van der Waals surface area contributed by atoms with Crippen molar-refractivity contribution in [2.24, 2.45) is 0 Å². The fourth-order valence-corrected chi connectivity index (χ4v) is 1.46. The number of fused-ring (bicyclic) bond motifs is 1. The fraction of sp³-hybridized carbons (Fsp3) is 0.231. The Morgan fingerprint density at radius 2 is 1.88 bits per heavy atom. The third-order valence-corrected chi connectivity index (χ3v) is 2.41. The van der Waals surface area contributed by atoms with Gasteiger partial charge in [0.15, 0.2) is 0 Å². The van der Waals surface area contributed by atoms with Crippen LogP contribution >= 0.6 is 0 Å². The lowest BCUT2D eigenvalue weighted by molar-refractivity contribution is 0.363. The van der Waals surface area contributed by atoms with Crippen LogP contribution in [0.4, 0.5) is 0 Å². The minimum absolute atomic E-state index is 0.504. The summed E-state index contributed by atoms with van der Waals surface area (Å²) in [5.74, 6) is 0.796. The summed E-state index contributed by atoms with van der Waals surface area (Å²) in [7, 11) is 0. The van der Waals surface area contributed by atoms with Gasteiger partial charge in [-0.15, -0.1) is 0 Å². The van der Waals surface area contributed by atoms with Gasteiger partial charge in [0, 0.05) is 6.07 Å². The van der Waals surface area contributed by atoms with Gasteiger partial charge in [0.1, 0.15) is 12.4 Å². The minimum atomic E-state index is 0.504. The predicted octanol–water partition coefficient (Wildman–Crippen LogP) is 2.81. The second-order valence-electron chi connectivity index (χ2n) is 3.64. The Labute approximate surface area is 94.8 Å². The highest BCUT2D eigenvalue weighted by atomic mass is 16.5. The maximum Gasteiger partial charge on any atom is 0.122 e. The normalized spacial score (nSPS) is 10.4. The summed E-state index contributed by atoms with van der Waals surface area (Å²) < 4.78 is 5.45. The second-order valence-corrected chi connectivity index (χ2v) is 3.64. The van der Waals surface area contributed by atoms with Gasteiger partial charge in [-0.25, -0.2) is 9.97 Å². The molecular formula is C13H14N2O. The number of ether oxygens (including phenoxy) is 1. The van der Waals surface area contributed by atoms with Gasteiger partial charge in [-0.3, -0.25) is 0 Å². The molecule has 1 heterocycles. The highest BCUT2D eigenvalue weighted by molar-refractivity contribution is 5.76. The van der Waals surface area contributed by atoms with E-state index in [1.165, 1.54) is 0 Å². The molecular weight excluding hydrogens is 200 g/mol. The molecule has 0 bridgehead atoms. The second kappa shape index (κ2) is 4.31. The van der Waals surface area contributed by atoms with E-state index >= 15 is 0 Å². The van der Waals surface area contributed by atoms with Crippen LogP contribution < -0.4 is 4.74 Å². The Morgan fingerprint density at radius 3 is 2.56 bits per heavy atom. The van der Waals surface area contributed by atoms with E-state index in [1.54, 1.807) is 6.08 Å². The molecule has 82 valence electrons. The van der Waals surface area contributed by atoms with Crippen LogP contribution in [-0.4, -0.2) is 16.6 Å². The van der Waals surface area contributed by atoms with Crippen LogP contribution in [0.2, 0.25) is 0 Å². The Kier molecular flexibility index (Phi) is 2.86. The summed E-state index contributed by atoms with van der Waals surface area (Å²) in [4.78, 5) is 8.93. The first kappa shape index (κ1) is 10.6. The van der Waals surface area contributed by atoms with E-state index in [0.717, 1.165) is 28.2 Å². The van der Waals surface area contributed by atoms with Crippen molar-refractivity contribution in [2.75, 3.05) is 6.61 Å². The van der Waals surface area contributed by atoms with Crippen molar-refractivity contribution in [1.82, 2.24) is 9.97 Å². The molecule has 0 aliphatic heterocycles. The van der Waals surface area contributed by atoms with Crippen molar-refractivity contribution in [1.29, 1.82) is 0 Å². The van der Waals surface area contributed by atoms with Crippen LogP contribution in [0.25, 0.3) is 11.0 Å². The van der Waals surface area contributed by atoms with E-state index in [4.69, 9.17) is 4.74 Å². The smallest absolute Gasteiger partial charge is 0.122 e. The van der Waals surface area contributed by atoms with Crippen molar-refractivity contribution >= 4 is 11.0 Å². The molecule has 0 fully saturated rings. The highest BCUT2D eigenvalue weighted by Gasteiger charge is 2.02. The van der Waals surface area contributed by atoms with Crippen molar-refractivity contribution < 1.29 is 4.74 Å². The van der Waals surface area contributed by atoms with Crippen LogP contribution in [0.15, 0.2) is 30.9 Å². The maximum atomic E-state index is 5.45. The number of rotatable bonds is 3. The van der Waals surface area contributed by atoms with Gasteiger partial charge in [-0.2, -0.15) is 0 Å². The van der Waals surface area contributed by atoms with Crippen LogP contribution in [0.3, 0.4) is 0 Å². The highest BCUT2D eigenvalue weighted by Crippen LogP contribution is 2.19. The van der Waals surface area contributed by atoms with Gasteiger partial charge in [-0.05, 0) is 26.0 Å². The molecule has 0 amide bonds. The first-order valence-corrected chi connectivity index (χ1v) is 5.19. The predicted molar refractivity (Wildman–Crippen MR) is 64.7 cm³/mol. The molecule has 0 saturated heterocycles. The van der Waals surface area contributed by atoms with Gasteiger partial charge < -0.3 is 4.74 Å². The third-order valence-electron chi connectivity index (χ3n) is 2.41. The van der Waals surface area contributed by atoms with E-state index in [-0.39, 0.29) is 0 Å². The summed E-state index contributed by atoms with van der Waals surface area (Å²) in [6.07, 6.45) is 1.72. The Hall–Kier alpha value is -1.90. The molecule has 0 aliphatic rings. The summed E-state index contributed by atoms with van der Waals surface area (Å²) >= 11 is 0. The number of hydrogen-bond acceptors (Lipinski definition) is 3.